The van der Waals surface area contributed by atoms with Crippen LogP contribution in [-0.2, 0) is 14.8 Å². The van der Waals surface area contributed by atoms with E-state index < -0.39 is 10.0 Å². The van der Waals surface area contributed by atoms with Crippen molar-refractivity contribution in [3.8, 4) is 17.2 Å². The molecule has 1 aliphatic heterocycles. The van der Waals surface area contributed by atoms with Crippen LogP contribution in [0.3, 0.4) is 0 Å². The van der Waals surface area contributed by atoms with E-state index in [1.807, 2.05) is 6.08 Å². The van der Waals surface area contributed by atoms with E-state index in [0.717, 1.165) is 11.1 Å². The first kappa shape index (κ1) is 23.6. The topological polar surface area (TPSA) is 94.2 Å². The standard InChI is InChI=1S/C23H28N2O6S/c1-29-18-15-20(30-2)23(21(16-18)31-3)17-10-13-25(14-11-17)22(26)9-12-24-32(27,28)19-7-5-4-6-8-19/h4-8,10,15-16,24H,9,11-14H2,1-3H3. The molecule has 1 N–H and O–H groups in total. The van der Waals surface area contributed by atoms with Crippen LogP contribution < -0.4 is 18.9 Å². The molecule has 8 nitrogen and oxygen atoms in total. The van der Waals surface area contributed by atoms with E-state index in [4.69, 9.17) is 14.2 Å². The molecular weight excluding hydrogens is 432 g/mol. The zero-order valence-corrected chi connectivity index (χ0v) is 19.3. The van der Waals surface area contributed by atoms with Crippen molar-refractivity contribution in [3.05, 3.63) is 54.1 Å². The first-order chi connectivity index (χ1) is 15.4. The van der Waals surface area contributed by atoms with Crippen molar-refractivity contribution in [3.63, 3.8) is 0 Å². The van der Waals surface area contributed by atoms with Crippen LogP contribution in [-0.4, -0.2) is 60.2 Å². The number of nitrogens with one attached hydrogen (secondary N) is 1. The maximum Gasteiger partial charge on any atom is 0.240 e. The quantitative estimate of drug-likeness (QED) is 0.618. The minimum Gasteiger partial charge on any atom is -0.496 e. The average molecular weight is 461 g/mol. The van der Waals surface area contributed by atoms with Gasteiger partial charge in [-0.05, 0) is 24.1 Å². The van der Waals surface area contributed by atoms with Crippen molar-refractivity contribution >= 4 is 21.5 Å². The van der Waals surface area contributed by atoms with Crippen LogP contribution >= 0.6 is 0 Å². The first-order valence-corrected chi connectivity index (χ1v) is 11.7. The molecule has 3 rings (SSSR count). The van der Waals surface area contributed by atoms with Gasteiger partial charge in [0.15, 0.2) is 0 Å². The molecule has 172 valence electrons. The van der Waals surface area contributed by atoms with Crippen molar-refractivity contribution < 1.29 is 27.4 Å². The zero-order valence-electron chi connectivity index (χ0n) is 18.5. The third-order valence-electron chi connectivity index (χ3n) is 5.28. The van der Waals surface area contributed by atoms with Crippen LogP contribution in [0.5, 0.6) is 17.2 Å². The summed E-state index contributed by atoms with van der Waals surface area (Å²) in [7, 11) is 1.14. The van der Waals surface area contributed by atoms with Crippen molar-refractivity contribution in [2.45, 2.75) is 17.7 Å². The molecule has 1 aliphatic rings. The highest BCUT2D eigenvalue weighted by molar-refractivity contribution is 7.89. The van der Waals surface area contributed by atoms with Gasteiger partial charge in [0.05, 0.1) is 31.8 Å². The number of hydrogen-bond donors (Lipinski definition) is 1. The van der Waals surface area contributed by atoms with Crippen LogP contribution in [0.15, 0.2) is 53.4 Å². The van der Waals surface area contributed by atoms with Gasteiger partial charge in [-0.3, -0.25) is 4.79 Å². The molecule has 0 saturated heterocycles. The monoisotopic (exact) mass is 460 g/mol. The number of benzene rings is 2. The summed E-state index contributed by atoms with van der Waals surface area (Å²) in [5.74, 6) is 1.81. The Labute approximate surface area is 188 Å². The summed E-state index contributed by atoms with van der Waals surface area (Å²) in [5, 5.41) is 0. The Kier molecular flexibility index (Phi) is 7.76. The second-order valence-corrected chi connectivity index (χ2v) is 8.95. The SMILES string of the molecule is COc1cc(OC)c(C2=CCN(C(=O)CCNS(=O)(=O)c3ccccc3)CC2)c(OC)c1. The van der Waals surface area contributed by atoms with E-state index in [1.54, 1.807) is 56.6 Å². The molecule has 1 heterocycles. The molecular formula is C23H28N2O6S. The number of carbonyl (C=O) groups excluding carboxylic acids is 1. The number of amides is 1. The lowest BCUT2D eigenvalue weighted by atomic mass is 9.97. The Balaban J connectivity index is 1.62. The van der Waals surface area contributed by atoms with Crippen LogP contribution in [0.4, 0.5) is 0 Å². The molecule has 2 aromatic carbocycles. The molecule has 32 heavy (non-hydrogen) atoms. The third kappa shape index (κ3) is 5.41. The van der Waals surface area contributed by atoms with Crippen LogP contribution in [0.25, 0.3) is 5.57 Å². The number of nitrogens with zero attached hydrogens (tertiary/aromatic N) is 1. The number of carbonyl (C=O) groups is 1. The molecule has 0 spiro atoms. The number of hydrogen-bond acceptors (Lipinski definition) is 6. The summed E-state index contributed by atoms with van der Waals surface area (Å²) in [5.41, 5.74) is 1.87. The molecule has 0 atom stereocenters. The van der Waals surface area contributed by atoms with Crippen molar-refractivity contribution in [2.75, 3.05) is 41.0 Å². The fourth-order valence-corrected chi connectivity index (χ4v) is 4.63. The Morgan fingerprint density at radius 1 is 1.03 bits per heavy atom. The largest absolute Gasteiger partial charge is 0.496 e. The smallest absolute Gasteiger partial charge is 0.240 e. The van der Waals surface area contributed by atoms with E-state index in [2.05, 4.69) is 4.72 Å². The molecule has 0 saturated carbocycles. The van der Waals surface area contributed by atoms with Gasteiger partial charge in [-0.2, -0.15) is 0 Å². The number of methoxy groups -OCH3 is 3. The minimum absolute atomic E-state index is 0.0449. The predicted molar refractivity (Wildman–Crippen MR) is 122 cm³/mol. The average Bonchev–Trinajstić information content (AvgIpc) is 2.83. The van der Waals surface area contributed by atoms with Gasteiger partial charge in [-0.15, -0.1) is 0 Å². The second-order valence-electron chi connectivity index (χ2n) is 7.19. The van der Waals surface area contributed by atoms with Crippen molar-refractivity contribution in [1.82, 2.24) is 9.62 Å². The van der Waals surface area contributed by atoms with Gasteiger partial charge in [0.2, 0.25) is 15.9 Å². The highest BCUT2D eigenvalue weighted by atomic mass is 32.2. The number of rotatable bonds is 9. The lowest BCUT2D eigenvalue weighted by molar-refractivity contribution is -0.130. The van der Waals surface area contributed by atoms with Gasteiger partial charge < -0.3 is 19.1 Å². The maximum absolute atomic E-state index is 12.6. The molecule has 0 aromatic heterocycles. The predicted octanol–water partition coefficient (Wildman–Crippen LogP) is 2.70. The summed E-state index contributed by atoms with van der Waals surface area (Å²) in [6.07, 6.45) is 2.69. The zero-order chi connectivity index (χ0) is 23.1. The molecule has 0 unspecified atom stereocenters. The molecule has 1 amide bonds. The molecule has 9 heteroatoms. The van der Waals surface area contributed by atoms with Crippen LogP contribution in [0, 0.1) is 0 Å². The number of sulfonamides is 1. The Morgan fingerprint density at radius 2 is 1.69 bits per heavy atom. The maximum atomic E-state index is 12.6. The lowest BCUT2D eigenvalue weighted by Gasteiger charge is -2.28. The summed E-state index contributed by atoms with van der Waals surface area (Å²) in [6.45, 7) is 0.996. The normalized spacial score (nSPS) is 14.0. The van der Waals surface area contributed by atoms with Crippen LogP contribution in [0.2, 0.25) is 0 Å². The number of ether oxygens (including phenoxy) is 3. The van der Waals surface area contributed by atoms with E-state index in [9.17, 15) is 13.2 Å². The molecule has 0 bridgehead atoms. The molecule has 0 radical (unpaired) electrons. The van der Waals surface area contributed by atoms with Gasteiger partial charge >= 0.3 is 0 Å². The van der Waals surface area contributed by atoms with Gasteiger partial charge in [0, 0.05) is 38.2 Å². The van der Waals surface area contributed by atoms with E-state index >= 15 is 0 Å². The fraction of sp³-hybridized carbons (Fsp3) is 0.348. The van der Waals surface area contributed by atoms with E-state index in [1.165, 1.54) is 12.1 Å². The highest BCUT2D eigenvalue weighted by Gasteiger charge is 2.23. The second kappa shape index (κ2) is 10.5. The summed E-state index contributed by atoms with van der Waals surface area (Å²) >= 11 is 0. The summed E-state index contributed by atoms with van der Waals surface area (Å²) < 4.78 is 43.4. The Hall–Kier alpha value is -3.04. The minimum atomic E-state index is -3.62. The van der Waals surface area contributed by atoms with Crippen molar-refractivity contribution in [2.24, 2.45) is 0 Å². The van der Waals surface area contributed by atoms with Gasteiger partial charge in [0.25, 0.3) is 0 Å². The van der Waals surface area contributed by atoms with Gasteiger partial charge in [0.1, 0.15) is 17.2 Å². The molecule has 2 aromatic rings. The van der Waals surface area contributed by atoms with Crippen molar-refractivity contribution in [1.29, 1.82) is 0 Å². The first-order valence-electron chi connectivity index (χ1n) is 10.2. The Morgan fingerprint density at radius 3 is 2.22 bits per heavy atom. The summed E-state index contributed by atoms with van der Waals surface area (Å²) in [4.78, 5) is 14.5. The molecule has 0 fully saturated rings. The van der Waals surface area contributed by atoms with Crippen LogP contribution in [0.1, 0.15) is 18.4 Å². The van der Waals surface area contributed by atoms with Gasteiger partial charge in [-0.25, -0.2) is 13.1 Å². The van der Waals surface area contributed by atoms with E-state index in [0.29, 0.717) is 36.8 Å². The lowest BCUT2D eigenvalue weighted by Crippen LogP contribution is -2.37. The van der Waals surface area contributed by atoms with Gasteiger partial charge in [-0.1, -0.05) is 24.3 Å². The fourth-order valence-electron chi connectivity index (χ4n) is 3.58. The third-order valence-corrected chi connectivity index (χ3v) is 6.76. The molecule has 0 aliphatic carbocycles. The Bertz CT molecular complexity index is 1060. The highest BCUT2D eigenvalue weighted by Crippen LogP contribution is 2.40. The van der Waals surface area contributed by atoms with E-state index in [-0.39, 0.29) is 23.8 Å². The summed E-state index contributed by atoms with van der Waals surface area (Å²) in [6, 6.07) is 11.7.